The van der Waals surface area contributed by atoms with Crippen molar-refractivity contribution in [2.24, 2.45) is 0 Å². The summed E-state index contributed by atoms with van der Waals surface area (Å²) in [6.45, 7) is 4.30. The second-order valence-corrected chi connectivity index (χ2v) is 9.21. The number of rotatable bonds is 8. The standard InChI is InChI=1S/C29H29ClFN3O2/c30-26-8-4-7-25(21-26)29(36)34(22-24-9-12-27(31)13-10-24)20-17-32-15-18-33(19-16-32)28(35)14-11-23-5-2-1-3-6-23/h1-14,21H,15-20,22H2/b14-11+. The maximum absolute atomic E-state index is 13.4. The van der Waals surface area contributed by atoms with Crippen LogP contribution in [-0.2, 0) is 11.3 Å². The predicted octanol–water partition coefficient (Wildman–Crippen LogP) is 4.98. The molecule has 0 atom stereocenters. The van der Waals surface area contributed by atoms with Crippen molar-refractivity contribution < 1.29 is 14.0 Å². The Bertz CT molecular complexity index is 1190. The summed E-state index contributed by atoms with van der Waals surface area (Å²) in [4.78, 5) is 31.7. The largest absolute Gasteiger partial charge is 0.337 e. The molecule has 0 saturated carbocycles. The zero-order valence-corrected chi connectivity index (χ0v) is 20.8. The van der Waals surface area contributed by atoms with Crippen LogP contribution in [0.1, 0.15) is 21.5 Å². The Morgan fingerprint density at radius 3 is 2.33 bits per heavy atom. The lowest BCUT2D eigenvalue weighted by molar-refractivity contribution is -0.127. The Labute approximate surface area is 216 Å². The van der Waals surface area contributed by atoms with Crippen molar-refractivity contribution in [3.63, 3.8) is 0 Å². The van der Waals surface area contributed by atoms with Crippen LogP contribution in [0.15, 0.2) is 84.9 Å². The summed E-state index contributed by atoms with van der Waals surface area (Å²) >= 11 is 6.11. The molecule has 0 spiro atoms. The lowest BCUT2D eigenvalue weighted by atomic mass is 10.1. The molecule has 0 radical (unpaired) electrons. The second-order valence-electron chi connectivity index (χ2n) is 8.77. The first-order valence-corrected chi connectivity index (χ1v) is 12.4. The van der Waals surface area contributed by atoms with Crippen molar-refractivity contribution in [2.45, 2.75) is 6.54 Å². The summed E-state index contributed by atoms with van der Waals surface area (Å²) in [7, 11) is 0. The number of piperazine rings is 1. The Morgan fingerprint density at radius 2 is 1.64 bits per heavy atom. The smallest absolute Gasteiger partial charge is 0.254 e. The number of carbonyl (C=O) groups excluding carboxylic acids is 2. The van der Waals surface area contributed by atoms with Crippen LogP contribution in [0.25, 0.3) is 6.08 Å². The van der Waals surface area contributed by atoms with E-state index in [1.165, 1.54) is 12.1 Å². The van der Waals surface area contributed by atoms with E-state index in [2.05, 4.69) is 4.90 Å². The first-order valence-electron chi connectivity index (χ1n) is 12.0. The van der Waals surface area contributed by atoms with Crippen molar-refractivity contribution in [1.82, 2.24) is 14.7 Å². The normalized spacial score (nSPS) is 14.2. The Balaban J connectivity index is 1.34. The Morgan fingerprint density at radius 1 is 0.917 bits per heavy atom. The number of benzene rings is 3. The molecule has 0 unspecified atom stereocenters. The van der Waals surface area contributed by atoms with Gasteiger partial charge in [0.25, 0.3) is 5.91 Å². The molecule has 0 N–H and O–H groups in total. The van der Waals surface area contributed by atoms with E-state index in [4.69, 9.17) is 11.6 Å². The first kappa shape index (κ1) is 25.6. The van der Waals surface area contributed by atoms with Gasteiger partial charge in [-0.15, -0.1) is 0 Å². The fourth-order valence-electron chi connectivity index (χ4n) is 4.16. The highest BCUT2D eigenvalue weighted by molar-refractivity contribution is 6.30. The van der Waals surface area contributed by atoms with Gasteiger partial charge in [0.1, 0.15) is 5.82 Å². The van der Waals surface area contributed by atoms with E-state index in [-0.39, 0.29) is 17.6 Å². The molecule has 4 rings (SSSR count). The maximum Gasteiger partial charge on any atom is 0.254 e. The third-order valence-corrected chi connectivity index (χ3v) is 6.47. The summed E-state index contributed by atoms with van der Waals surface area (Å²) in [5.41, 5.74) is 2.37. The number of amides is 2. The highest BCUT2D eigenvalue weighted by atomic mass is 35.5. The number of halogens is 2. The van der Waals surface area contributed by atoms with Crippen molar-refractivity contribution in [1.29, 1.82) is 0 Å². The molecule has 0 bridgehead atoms. The summed E-state index contributed by atoms with van der Waals surface area (Å²) in [6.07, 6.45) is 3.46. The van der Waals surface area contributed by atoms with Crippen molar-refractivity contribution in [2.75, 3.05) is 39.3 Å². The summed E-state index contributed by atoms with van der Waals surface area (Å²) in [6, 6.07) is 22.9. The van der Waals surface area contributed by atoms with Crippen LogP contribution in [0.2, 0.25) is 5.02 Å². The monoisotopic (exact) mass is 505 g/mol. The minimum absolute atomic E-state index is 0.00701. The number of carbonyl (C=O) groups is 2. The number of hydrogen-bond acceptors (Lipinski definition) is 3. The SMILES string of the molecule is O=C(/C=C/c1ccccc1)N1CCN(CCN(Cc2ccc(F)cc2)C(=O)c2cccc(Cl)c2)CC1. The van der Waals surface area contributed by atoms with Gasteiger partial charge in [-0.1, -0.05) is 60.1 Å². The van der Waals surface area contributed by atoms with Crippen molar-refractivity contribution in [3.05, 3.63) is 112 Å². The molecule has 1 fully saturated rings. The molecule has 3 aromatic rings. The van der Waals surface area contributed by atoms with Crippen LogP contribution in [0.4, 0.5) is 4.39 Å². The number of hydrogen-bond donors (Lipinski definition) is 0. The van der Waals surface area contributed by atoms with Gasteiger partial charge in [0.15, 0.2) is 0 Å². The van der Waals surface area contributed by atoms with Gasteiger partial charge in [-0.3, -0.25) is 14.5 Å². The van der Waals surface area contributed by atoms with Crippen LogP contribution in [0.5, 0.6) is 0 Å². The van der Waals surface area contributed by atoms with Gasteiger partial charge in [-0.2, -0.15) is 0 Å². The zero-order valence-electron chi connectivity index (χ0n) is 20.0. The minimum atomic E-state index is -0.308. The fourth-order valence-corrected chi connectivity index (χ4v) is 4.35. The lowest BCUT2D eigenvalue weighted by Crippen LogP contribution is -2.50. The highest BCUT2D eigenvalue weighted by Gasteiger charge is 2.22. The van der Waals surface area contributed by atoms with Gasteiger partial charge in [-0.05, 0) is 47.5 Å². The van der Waals surface area contributed by atoms with E-state index >= 15 is 0 Å². The molecule has 2 amide bonds. The third kappa shape index (κ3) is 7.26. The van der Waals surface area contributed by atoms with Gasteiger partial charge in [-0.25, -0.2) is 4.39 Å². The Kier molecular flexibility index (Phi) is 8.87. The zero-order chi connectivity index (χ0) is 25.3. The van der Waals surface area contributed by atoms with Crippen LogP contribution in [0, 0.1) is 5.82 Å². The predicted molar refractivity (Wildman–Crippen MR) is 141 cm³/mol. The van der Waals surface area contributed by atoms with E-state index in [1.807, 2.05) is 41.3 Å². The van der Waals surface area contributed by atoms with Gasteiger partial charge in [0, 0.05) is 62.5 Å². The Hall–Kier alpha value is -3.48. The van der Waals surface area contributed by atoms with E-state index in [0.29, 0.717) is 43.3 Å². The molecule has 1 aliphatic heterocycles. The van der Waals surface area contributed by atoms with Crippen LogP contribution >= 0.6 is 11.6 Å². The van der Waals surface area contributed by atoms with E-state index in [9.17, 15) is 14.0 Å². The molecular formula is C29H29ClFN3O2. The van der Waals surface area contributed by atoms with Gasteiger partial charge >= 0.3 is 0 Å². The van der Waals surface area contributed by atoms with Gasteiger partial charge < -0.3 is 9.80 Å². The van der Waals surface area contributed by atoms with E-state index in [0.717, 1.165) is 24.2 Å². The third-order valence-electron chi connectivity index (χ3n) is 6.23. The van der Waals surface area contributed by atoms with Gasteiger partial charge in [0.05, 0.1) is 0 Å². The molecule has 1 heterocycles. The fraction of sp³-hybridized carbons (Fsp3) is 0.241. The average Bonchev–Trinajstić information content (AvgIpc) is 2.91. The van der Waals surface area contributed by atoms with E-state index in [1.54, 1.807) is 47.4 Å². The average molecular weight is 506 g/mol. The molecule has 0 aromatic heterocycles. The molecule has 186 valence electrons. The molecule has 0 aliphatic carbocycles. The molecule has 5 nitrogen and oxygen atoms in total. The van der Waals surface area contributed by atoms with Gasteiger partial charge in [0.2, 0.25) is 5.91 Å². The minimum Gasteiger partial charge on any atom is -0.337 e. The van der Waals surface area contributed by atoms with Crippen LogP contribution in [0.3, 0.4) is 0 Å². The van der Waals surface area contributed by atoms with Crippen molar-refractivity contribution >= 4 is 29.5 Å². The molecule has 1 saturated heterocycles. The molecular weight excluding hydrogens is 477 g/mol. The quantitative estimate of drug-likeness (QED) is 0.406. The molecule has 7 heteroatoms. The molecule has 36 heavy (non-hydrogen) atoms. The first-order chi connectivity index (χ1) is 17.5. The van der Waals surface area contributed by atoms with Crippen LogP contribution < -0.4 is 0 Å². The van der Waals surface area contributed by atoms with Crippen molar-refractivity contribution in [3.8, 4) is 0 Å². The number of nitrogens with zero attached hydrogens (tertiary/aromatic N) is 3. The summed E-state index contributed by atoms with van der Waals surface area (Å²) in [5.74, 6) is -0.424. The van der Waals surface area contributed by atoms with E-state index < -0.39 is 0 Å². The molecule has 1 aliphatic rings. The second kappa shape index (κ2) is 12.5. The summed E-state index contributed by atoms with van der Waals surface area (Å²) in [5, 5.41) is 0.504. The summed E-state index contributed by atoms with van der Waals surface area (Å²) < 4.78 is 13.4. The highest BCUT2D eigenvalue weighted by Crippen LogP contribution is 2.16. The lowest BCUT2D eigenvalue weighted by Gasteiger charge is -2.35. The molecule has 3 aromatic carbocycles. The topological polar surface area (TPSA) is 43.9 Å². The van der Waals surface area contributed by atoms with Crippen LogP contribution in [-0.4, -0.2) is 65.8 Å². The maximum atomic E-state index is 13.4.